The Hall–Kier alpha value is -4.42. The molecule has 0 unspecified atom stereocenters. The van der Waals surface area contributed by atoms with Crippen molar-refractivity contribution < 1.29 is 19.1 Å². The van der Waals surface area contributed by atoms with Gasteiger partial charge in [0.15, 0.2) is 0 Å². The van der Waals surface area contributed by atoms with E-state index in [0.717, 1.165) is 15.2 Å². The first-order valence-electron chi connectivity index (χ1n) is 11.5. The monoisotopic (exact) mass is 489 g/mol. The number of imide groups is 1. The number of rotatable bonds is 5. The summed E-state index contributed by atoms with van der Waals surface area (Å²) in [6.07, 6.45) is 5.97. The minimum Gasteiger partial charge on any atom is -0.423 e. The van der Waals surface area contributed by atoms with Crippen LogP contribution in [0.2, 0.25) is 0 Å². The molecule has 174 valence electrons. The van der Waals surface area contributed by atoms with E-state index in [1.165, 1.54) is 4.90 Å². The van der Waals surface area contributed by atoms with Crippen molar-refractivity contribution in [3.63, 3.8) is 0 Å². The van der Waals surface area contributed by atoms with Gasteiger partial charge < -0.3 is 4.74 Å². The Kier molecular flexibility index (Phi) is 5.51. The summed E-state index contributed by atoms with van der Waals surface area (Å²) < 4.78 is 5.42. The van der Waals surface area contributed by atoms with Crippen LogP contribution >= 0.6 is 11.8 Å². The Morgan fingerprint density at radius 3 is 2.28 bits per heavy atom. The molecule has 0 saturated heterocycles. The molecular formula is C30H19NO4S. The van der Waals surface area contributed by atoms with Crippen LogP contribution in [0.15, 0.2) is 119 Å². The molecule has 2 aliphatic rings. The summed E-state index contributed by atoms with van der Waals surface area (Å²) in [7, 11) is 0. The van der Waals surface area contributed by atoms with Gasteiger partial charge in [-0.05, 0) is 66.4 Å². The van der Waals surface area contributed by atoms with Crippen molar-refractivity contribution >= 4 is 46.0 Å². The van der Waals surface area contributed by atoms with E-state index in [4.69, 9.17) is 4.74 Å². The SMILES string of the molecule is O=C(Oc1ccc(N2C(=O)c3cccc4c(Sc5ccccc5)ccc(c34)C2=O)cc1)C1=CC=CC1. The number of esters is 1. The van der Waals surface area contributed by atoms with E-state index in [1.807, 2.05) is 60.7 Å². The number of amides is 2. The second-order valence-electron chi connectivity index (χ2n) is 8.41. The molecule has 0 bridgehead atoms. The van der Waals surface area contributed by atoms with Crippen LogP contribution in [0.25, 0.3) is 10.8 Å². The van der Waals surface area contributed by atoms with E-state index < -0.39 is 5.97 Å². The number of hydrogen-bond donors (Lipinski definition) is 0. The number of benzene rings is 4. The van der Waals surface area contributed by atoms with Crippen molar-refractivity contribution in [2.45, 2.75) is 16.2 Å². The second-order valence-corrected chi connectivity index (χ2v) is 9.52. The lowest BCUT2D eigenvalue weighted by atomic mass is 9.93. The highest BCUT2D eigenvalue weighted by molar-refractivity contribution is 7.99. The summed E-state index contributed by atoms with van der Waals surface area (Å²) in [6.45, 7) is 0. The molecule has 4 aromatic rings. The molecular weight excluding hydrogens is 470 g/mol. The molecule has 36 heavy (non-hydrogen) atoms. The van der Waals surface area contributed by atoms with Crippen molar-refractivity contribution in [1.82, 2.24) is 0 Å². The minimum atomic E-state index is -0.414. The summed E-state index contributed by atoms with van der Waals surface area (Å²) in [5, 5.41) is 1.55. The molecule has 1 aliphatic carbocycles. The molecule has 0 radical (unpaired) electrons. The zero-order valence-electron chi connectivity index (χ0n) is 19.0. The third-order valence-corrected chi connectivity index (χ3v) is 7.26. The summed E-state index contributed by atoms with van der Waals surface area (Å²) in [5.41, 5.74) is 1.95. The van der Waals surface area contributed by atoms with Gasteiger partial charge in [0.1, 0.15) is 5.75 Å². The van der Waals surface area contributed by atoms with Crippen LogP contribution in [-0.2, 0) is 4.79 Å². The molecule has 6 heteroatoms. The van der Waals surface area contributed by atoms with E-state index in [2.05, 4.69) is 0 Å². The number of nitrogens with zero attached hydrogens (tertiary/aromatic N) is 1. The molecule has 0 atom stereocenters. The van der Waals surface area contributed by atoms with Gasteiger partial charge in [0.05, 0.1) is 5.69 Å². The van der Waals surface area contributed by atoms with Gasteiger partial charge in [-0.1, -0.05) is 60.3 Å². The molecule has 5 nitrogen and oxygen atoms in total. The maximum Gasteiger partial charge on any atom is 0.339 e. The van der Waals surface area contributed by atoms with Gasteiger partial charge in [0, 0.05) is 31.9 Å². The third-order valence-electron chi connectivity index (χ3n) is 6.18. The van der Waals surface area contributed by atoms with Crippen molar-refractivity contribution in [2.75, 3.05) is 4.90 Å². The standard InChI is InChI=1S/C30H19NO4S/c32-28-24-12-6-11-23-26(36-22-9-2-1-3-10-22)18-17-25(27(23)24)29(33)31(28)20-13-15-21(16-14-20)35-30(34)19-7-4-5-8-19/h1-7,9-18H,8H2. The normalized spacial score (nSPS) is 14.3. The highest BCUT2D eigenvalue weighted by atomic mass is 32.2. The second kappa shape index (κ2) is 8.98. The van der Waals surface area contributed by atoms with Crippen LogP contribution in [-0.4, -0.2) is 17.8 Å². The quantitative estimate of drug-likeness (QED) is 0.180. The first kappa shape index (κ1) is 22.1. The molecule has 1 aliphatic heterocycles. The molecule has 0 saturated carbocycles. The average molecular weight is 490 g/mol. The molecule has 0 spiro atoms. The summed E-state index contributed by atoms with van der Waals surface area (Å²) in [4.78, 5) is 42.5. The van der Waals surface area contributed by atoms with Crippen LogP contribution in [0.1, 0.15) is 27.1 Å². The lowest BCUT2D eigenvalue weighted by Crippen LogP contribution is -2.40. The lowest BCUT2D eigenvalue weighted by molar-refractivity contribution is -0.130. The number of ether oxygens (including phenoxy) is 1. The Balaban J connectivity index is 1.32. The van der Waals surface area contributed by atoms with E-state index in [-0.39, 0.29) is 11.8 Å². The molecule has 1 heterocycles. The first-order chi connectivity index (χ1) is 17.6. The summed E-state index contributed by atoms with van der Waals surface area (Å²) in [6, 6.07) is 25.7. The number of allylic oxidation sites excluding steroid dienone is 3. The average Bonchev–Trinajstić information content (AvgIpc) is 3.45. The number of carbonyl (C=O) groups excluding carboxylic acids is 3. The van der Waals surface area contributed by atoms with Gasteiger partial charge in [-0.2, -0.15) is 0 Å². The fourth-order valence-corrected chi connectivity index (χ4v) is 5.41. The number of carbonyl (C=O) groups is 3. The smallest absolute Gasteiger partial charge is 0.339 e. The third kappa shape index (κ3) is 3.82. The predicted molar refractivity (Wildman–Crippen MR) is 140 cm³/mol. The van der Waals surface area contributed by atoms with Crippen LogP contribution in [0, 0.1) is 0 Å². The van der Waals surface area contributed by atoms with Crippen LogP contribution in [0.3, 0.4) is 0 Å². The Labute approximate surface area is 211 Å². The van der Waals surface area contributed by atoms with Crippen LogP contribution < -0.4 is 9.64 Å². The topological polar surface area (TPSA) is 63.7 Å². The van der Waals surface area contributed by atoms with Gasteiger partial charge in [-0.25, -0.2) is 9.69 Å². The van der Waals surface area contributed by atoms with Crippen LogP contribution in [0.4, 0.5) is 5.69 Å². The Bertz CT molecular complexity index is 1580. The summed E-state index contributed by atoms with van der Waals surface area (Å²) >= 11 is 1.60. The molecule has 2 amide bonds. The molecule has 0 aromatic heterocycles. The zero-order valence-corrected chi connectivity index (χ0v) is 19.8. The van der Waals surface area contributed by atoms with Gasteiger partial charge in [0.2, 0.25) is 0 Å². The Morgan fingerprint density at radius 1 is 0.806 bits per heavy atom. The van der Waals surface area contributed by atoms with Crippen LogP contribution in [0.5, 0.6) is 5.75 Å². The molecule has 0 fully saturated rings. The largest absolute Gasteiger partial charge is 0.423 e. The predicted octanol–water partition coefficient (Wildman–Crippen LogP) is 6.58. The number of anilines is 1. The highest BCUT2D eigenvalue weighted by Gasteiger charge is 2.34. The maximum absolute atomic E-state index is 13.5. The van der Waals surface area contributed by atoms with Crippen molar-refractivity contribution in [3.05, 3.63) is 120 Å². The summed E-state index contributed by atoms with van der Waals surface area (Å²) in [5.74, 6) is -0.833. The van der Waals surface area contributed by atoms with Gasteiger partial charge in [0.25, 0.3) is 11.8 Å². The first-order valence-corrected chi connectivity index (χ1v) is 12.3. The van der Waals surface area contributed by atoms with E-state index in [1.54, 1.807) is 54.2 Å². The Morgan fingerprint density at radius 2 is 1.56 bits per heavy atom. The van der Waals surface area contributed by atoms with E-state index in [9.17, 15) is 14.4 Å². The minimum absolute atomic E-state index is 0.346. The fourth-order valence-electron chi connectivity index (χ4n) is 4.44. The van der Waals surface area contributed by atoms with Crippen molar-refractivity contribution in [3.8, 4) is 5.75 Å². The molecule has 0 N–H and O–H groups in total. The van der Waals surface area contributed by atoms with Crippen molar-refractivity contribution in [1.29, 1.82) is 0 Å². The maximum atomic E-state index is 13.5. The number of hydrogen-bond acceptors (Lipinski definition) is 5. The van der Waals surface area contributed by atoms with Gasteiger partial charge >= 0.3 is 5.97 Å². The molecule has 6 rings (SSSR count). The van der Waals surface area contributed by atoms with E-state index in [0.29, 0.717) is 39.9 Å². The zero-order chi connectivity index (χ0) is 24.6. The van der Waals surface area contributed by atoms with Crippen molar-refractivity contribution in [2.24, 2.45) is 0 Å². The van der Waals surface area contributed by atoms with Gasteiger partial charge in [-0.15, -0.1) is 0 Å². The molecule has 4 aromatic carbocycles. The van der Waals surface area contributed by atoms with Gasteiger partial charge in [-0.3, -0.25) is 9.59 Å². The fraction of sp³-hybridized carbons (Fsp3) is 0.0333. The highest BCUT2D eigenvalue weighted by Crippen LogP contribution is 2.39. The van der Waals surface area contributed by atoms with E-state index >= 15 is 0 Å². The lowest BCUT2D eigenvalue weighted by Gasteiger charge is -2.28.